The molecule has 3 rings (SSSR count). The number of rotatable bonds is 3. The van der Waals surface area contributed by atoms with Crippen LogP contribution in [0.1, 0.15) is 15.9 Å². The van der Waals surface area contributed by atoms with Gasteiger partial charge in [-0.25, -0.2) is 4.79 Å². The van der Waals surface area contributed by atoms with E-state index >= 15 is 0 Å². The number of benzene rings is 2. The fourth-order valence-corrected chi connectivity index (χ4v) is 2.21. The highest BCUT2D eigenvalue weighted by Crippen LogP contribution is 2.38. The van der Waals surface area contributed by atoms with Crippen LogP contribution < -0.4 is 9.47 Å². The van der Waals surface area contributed by atoms with E-state index in [-0.39, 0.29) is 6.79 Å². The van der Waals surface area contributed by atoms with Crippen molar-refractivity contribution in [2.24, 2.45) is 4.99 Å². The molecule has 0 saturated carbocycles. The Labute approximate surface area is 132 Å². The van der Waals surface area contributed by atoms with Crippen LogP contribution >= 0.6 is 11.6 Å². The summed E-state index contributed by atoms with van der Waals surface area (Å²) in [5.74, 6) is 0.542. The zero-order chi connectivity index (χ0) is 15.5. The molecule has 1 aliphatic heterocycles. The molecule has 2 aromatic carbocycles. The smallest absolute Gasteiger partial charge is 0.340 e. The van der Waals surface area contributed by atoms with Crippen molar-refractivity contribution in [3.8, 4) is 11.5 Å². The summed E-state index contributed by atoms with van der Waals surface area (Å²) >= 11 is 6.09. The lowest BCUT2D eigenvalue weighted by Gasteiger charge is -2.06. The van der Waals surface area contributed by atoms with E-state index in [9.17, 15) is 4.79 Å². The van der Waals surface area contributed by atoms with Crippen molar-refractivity contribution in [2.45, 2.75) is 0 Å². The average molecular weight is 318 g/mol. The fourth-order valence-electron chi connectivity index (χ4n) is 2.03. The van der Waals surface area contributed by atoms with Crippen LogP contribution in [0.3, 0.4) is 0 Å². The Morgan fingerprint density at radius 1 is 1.27 bits per heavy atom. The highest BCUT2D eigenvalue weighted by Gasteiger charge is 2.21. The van der Waals surface area contributed by atoms with E-state index in [0.29, 0.717) is 27.8 Å². The first-order valence-corrected chi connectivity index (χ1v) is 6.87. The van der Waals surface area contributed by atoms with Gasteiger partial charge in [-0.2, -0.15) is 0 Å². The van der Waals surface area contributed by atoms with Crippen molar-refractivity contribution in [2.75, 3.05) is 13.9 Å². The number of ether oxygens (including phenoxy) is 3. The number of carbonyl (C=O) groups excluding carboxylic acids is 1. The molecule has 0 fully saturated rings. The van der Waals surface area contributed by atoms with Gasteiger partial charge in [-0.3, -0.25) is 4.99 Å². The number of nitrogens with zero attached hydrogens (tertiary/aromatic N) is 1. The van der Waals surface area contributed by atoms with Crippen LogP contribution in [0.15, 0.2) is 41.4 Å². The Morgan fingerprint density at radius 3 is 2.73 bits per heavy atom. The van der Waals surface area contributed by atoms with Crippen LogP contribution in [0.5, 0.6) is 11.5 Å². The lowest BCUT2D eigenvalue weighted by atomic mass is 10.1. The van der Waals surface area contributed by atoms with Crippen molar-refractivity contribution >= 4 is 29.5 Å². The molecule has 0 spiro atoms. The monoisotopic (exact) mass is 317 g/mol. The van der Waals surface area contributed by atoms with Gasteiger partial charge in [-0.05, 0) is 6.07 Å². The van der Waals surface area contributed by atoms with Gasteiger partial charge in [0.05, 0.1) is 18.4 Å². The summed E-state index contributed by atoms with van der Waals surface area (Å²) in [5, 5.41) is 0.576. The Morgan fingerprint density at radius 2 is 2.00 bits per heavy atom. The molecule has 0 aromatic heterocycles. The first kappa shape index (κ1) is 14.4. The standard InChI is InChI=1S/C16H12ClNO4/c1-20-16(19)11-6-14-15(22-9-21-14)7-13(11)18-8-10-4-2-3-5-12(10)17/h2-8H,9H2,1H3. The molecule has 2 aromatic rings. The second-order valence-electron chi connectivity index (χ2n) is 4.49. The summed E-state index contributed by atoms with van der Waals surface area (Å²) in [6.07, 6.45) is 1.59. The van der Waals surface area contributed by atoms with Gasteiger partial charge in [0.15, 0.2) is 11.5 Å². The maximum absolute atomic E-state index is 11.9. The number of hydrogen-bond acceptors (Lipinski definition) is 5. The van der Waals surface area contributed by atoms with Crippen LogP contribution in [0, 0.1) is 0 Å². The van der Waals surface area contributed by atoms with Gasteiger partial charge in [0, 0.05) is 28.9 Å². The maximum atomic E-state index is 11.9. The van der Waals surface area contributed by atoms with Gasteiger partial charge in [-0.15, -0.1) is 0 Å². The molecule has 0 atom stereocenters. The molecule has 0 N–H and O–H groups in total. The molecule has 0 radical (unpaired) electrons. The van der Waals surface area contributed by atoms with Gasteiger partial charge in [-0.1, -0.05) is 29.8 Å². The van der Waals surface area contributed by atoms with Gasteiger partial charge >= 0.3 is 5.97 Å². The van der Waals surface area contributed by atoms with Crippen LogP contribution in [-0.2, 0) is 4.74 Å². The van der Waals surface area contributed by atoms with Crippen LogP contribution in [-0.4, -0.2) is 26.1 Å². The topological polar surface area (TPSA) is 57.1 Å². The van der Waals surface area contributed by atoms with Crippen molar-refractivity contribution in [3.05, 3.63) is 52.5 Å². The third-order valence-electron chi connectivity index (χ3n) is 3.14. The van der Waals surface area contributed by atoms with Crippen molar-refractivity contribution in [3.63, 3.8) is 0 Å². The zero-order valence-corrected chi connectivity index (χ0v) is 12.5. The minimum absolute atomic E-state index is 0.119. The highest BCUT2D eigenvalue weighted by molar-refractivity contribution is 6.33. The Kier molecular flexibility index (Phi) is 3.98. The molecule has 1 heterocycles. The van der Waals surface area contributed by atoms with E-state index in [4.69, 9.17) is 25.8 Å². The second-order valence-corrected chi connectivity index (χ2v) is 4.90. The quantitative estimate of drug-likeness (QED) is 0.641. The van der Waals surface area contributed by atoms with Gasteiger partial charge in [0.1, 0.15) is 0 Å². The van der Waals surface area contributed by atoms with Crippen molar-refractivity contribution < 1.29 is 19.0 Å². The van der Waals surface area contributed by atoms with Gasteiger partial charge in [0.2, 0.25) is 6.79 Å². The largest absolute Gasteiger partial charge is 0.465 e. The molecule has 0 unspecified atom stereocenters. The maximum Gasteiger partial charge on any atom is 0.340 e. The molecule has 6 heteroatoms. The number of hydrogen-bond donors (Lipinski definition) is 0. The summed E-state index contributed by atoms with van der Waals surface area (Å²) in [5.41, 5.74) is 1.48. The van der Waals surface area contributed by atoms with E-state index in [0.717, 1.165) is 5.56 Å². The number of carbonyl (C=O) groups is 1. The van der Waals surface area contributed by atoms with Crippen LogP contribution in [0.2, 0.25) is 5.02 Å². The molecule has 0 amide bonds. The first-order chi connectivity index (χ1) is 10.7. The summed E-state index contributed by atoms with van der Waals surface area (Å²) in [7, 11) is 1.31. The summed E-state index contributed by atoms with van der Waals surface area (Å²) in [6.45, 7) is 0.119. The third kappa shape index (κ3) is 2.76. The van der Waals surface area contributed by atoms with E-state index < -0.39 is 5.97 Å². The van der Waals surface area contributed by atoms with E-state index in [1.165, 1.54) is 7.11 Å². The Balaban J connectivity index is 2.02. The predicted octanol–water partition coefficient (Wildman–Crippen LogP) is 3.61. The number of halogens is 1. The van der Waals surface area contributed by atoms with E-state index in [1.807, 2.05) is 18.2 Å². The van der Waals surface area contributed by atoms with Crippen molar-refractivity contribution in [1.29, 1.82) is 0 Å². The number of esters is 1. The molecule has 0 saturated heterocycles. The lowest BCUT2D eigenvalue weighted by molar-refractivity contribution is 0.0601. The lowest BCUT2D eigenvalue weighted by Crippen LogP contribution is -2.01. The Hall–Kier alpha value is -2.53. The average Bonchev–Trinajstić information content (AvgIpc) is 2.99. The van der Waals surface area contributed by atoms with E-state index in [1.54, 1.807) is 24.4 Å². The zero-order valence-electron chi connectivity index (χ0n) is 11.7. The second kappa shape index (κ2) is 6.07. The molecular formula is C16H12ClNO4. The molecule has 1 aliphatic rings. The predicted molar refractivity (Wildman–Crippen MR) is 82.6 cm³/mol. The highest BCUT2D eigenvalue weighted by atomic mass is 35.5. The molecule has 5 nitrogen and oxygen atoms in total. The van der Waals surface area contributed by atoms with E-state index in [2.05, 4.69) is 4.99 Å². The first-order valence-electron chi connectivity index (χ1n) is 6.49. The fraction of sp³-hybridized carbons (Fsp3) is 0.125. The van der Waals surface area contributed by atoms with Crippen molar-refractivity contribution in [1.82, 2.24) is 0 Å². The minimum atomic E-state index is -0.496. The number of aliphatic imine (C=N–C) groups is 1. The minimum Gasteiger partial charge on any atom is -0.465 e. The molecule has 22 heavy (non-hydrogen) atoms. The summed E-state index contributed by atoms with van der Waals surface area (Å²) in [4.78, 5) is 16.2. The van der Waals surface area contributed by atoms with Gasteiger partial charge < -0.3 is 14.2 Å². The molecule has 0 bridgehead atoms. The summed E-state index contributed by atoms with van der Waals surface area (Å²) in [6, 6.07) is 10.5. The SMILES string of the molecule is COC(=O)c1cc2c(cc1N=Cc1ccccc1Cl)OCO2. The normalized spacial score (nSPS) is 12.6. The number of methoxy groups -OCH3 is 1. The molecule has 112 valence electrons. The molecular weight excluding hydrogens is 306 g/mol. The number of fused-ring (bicyclic) bond motifs is 1. The molecule has 0 aliphatic carbocycles. The van der Waals surface area contributed by atoms with Crippen LogP contribution in [0.25, 0.3) is 0 Å². The van der Waals surface area contributed by atoms with Gasteiger partial charge in [0.25, 0.3) is 0 Å². The Bertz CT molecular complexity index is 758. The van der Waals surface area contributed by atoms with Crippen LogP contribution in [0.4, 0.5) is 5.69 Å². The summed E-state index contributed by atoms with van der Waals surface area (Å²) < 4.78 is 15.4. The third-order valence-corrected chi connectivity index (χ3v) is 3.49.